The van der Waals surface area contributed by atoms with Gasteiger partial charge in [0.2, 0.25) is 0 Å². The summed E-state index contributed by atoms with van der Waals surface area (Å²) >= 11 is 0. The monoisotopic (exact) mass is 258 g/mol. The van der Waals surface area contributed by atoms with Crippen LogP contribution in [0, 0.1) is 0 Å². The maximum Gasteiger partial charge on any atom is 0.198 e. The predicted molar refractivity (Wildman–Crippen MR) is 78.3 cm³/mol. The Morgan fingerprint density at radius 3 is 2.53 bits per heavy atom. The van der Waals surface area contributed by atoms with Gasteiger partial charge in [-0.3, -0.25) is 0 Å². The molecule has 2 N–H and O–H groups in total. The summed E-state index contributed by atoms with van der Waals surface area (Å²) in [6, 6.07) is 4.14. The Kier molecular flexibility index (Phi) is 2.80. The van der Waals surface area contributed by atoms with Crippen LogP contribution >= 0.6 is 0 Å². The Bertz CT molecular complexity index is 601. The third kappa shape index (κ3) is 2.22. The summed E-state index contributed by atoms with van der Waals surface area (Å²) in [5.41, 5.74) is 9.80. The molecule has 0 spiro atoms. The van der Waals surface area contributed by atoms with Gasteiger partial charge in [-0.05, 0) is 36.0 Å². The van der Waals surface area contributed by atoms with E-state index in [2.05, 4.69) is 31.8 Å². The third-order valence-corrected chi connectivity index (χ3v) is 4.11. The molecule has 0 bridgehead atoms. The maximum atomic E-state index is 6.13. The molecule has 3 nitrogen and oxygen atoms in total. The van der Waals surface area contributed by atoms with Crippen molar-refractivity contribution in [3.8, 4) is 0 Å². The van der Waals surface area contributed by atoms with Gasteiger partial charge in [-0.15, -0.1) is 0 Å². The van der Waals surface area contributed by atoms with Crippen LogP contribution in [0.3, 0.4) is 0 Å². The standard InChI is InChI=1S/C16H22N2O/c1-16(2,3)11-8-12(17)14-13(9-11)18-15(19-14)10-6-4-5-7-10/h8-10H,4-7,17H2,1-3H3. The first-order chi connectivity index (χ1) is 8.95. The lowest BCUT2D eigenvalue weighted by atomic mass is 9.86. The van der Waals surface area contributed by atoms with E-state index in [0.29, 0.717) is 11.6 Å². The molecule has 1 heterocycles. The number of aromatic nitrogens is 1. The Labute approximate surface area is 114 Å². The quantitative estimate of drug-likeness (QED) is 0.773. The van der Waals surface area contributed by atoms with Crippen LogP contribution in [0.2, 0.25) is 0 Å². The summed E-state index contributed by atoms with van der Waals surface area (Å²) in [5.74, 6) is 1.37. The predicted octanol–water partition coefficient (Wildman–Crippen LogP) is 4.37. The maximum absolute atomic E-state index is 6.13. The molecular weight excluding hydrogens is 236 g/mol. The summed E-state index contributed by atoms with van der Waals surface area (Å²) in [5, 5.41) is 0. The number of nitrogens with zero attached hydrogens (tertiary/aromatic N) is 1. The minimum absolute atomic E-state index is 0.0782. The van der Waals surface area contributed by atoms with Crippen LogP contribution in [-0.2, 0) is 5.41 Å². The highest BCUT2D eigenvalue weighted by Crippen LogP contribution is 2.37. The smallest absolute Gasteiger partial charge is 0.198 e. The number of fused-ring (bicyclic) bond motifs is 1. The van der Waals surface area contributed by atoms with E-state index in [0.717, 1.165) is 17.0 Å². The van der Waals surface area contributed by atoms with Gasteiger partial charge in [0.25, 0.3) is 0 Å². The van der Waals surface area contributed by atoms with E-state index in [-0.39, 0.29) is 5.41 Å². The van der Waals surface area contributed by atoms with Crippen LogP contribution in [0.4, 0.5) is 5.69 Å². The van der Waals surface area contributed by atoms with Gasteiger partial charge in [-0.25, -0.2) is 4.98 Å². The highest BCUT2D eigenvalue weighted by Gasteiger charge is 2.24. The van der Waals surface area contributed by atoms with E-state index in [1.165, 1.54) is 31.2 Å². The molecule has 0 unspecified atom stereocenters. The topological polar surface area (TPSA) is 52.0 Å². The van der Waals surface area contributed by atoms with Gasteiger partial charge in [0.15, 0.2) is 11.5 Å². The molecule has 3 rings (SSSR count). The van der Waals surface area contributed by atoms with Crippen molar-refractivity contribution in [3.63, 3.8) is 0 Å². The minimum Gasteiger partial charge on any atom is -0.438 e. The van der Waals surface area contributed by atoms with Crippen LogP contribution in [0.1, 0.15) is 63.8 Å². The number of hydrogen-bond donors (Lipinski definition) is 1. The number of nitrogen functional groups attached to an aromatic ring is 1. The third-order valence-electron chi connectivity index (χ3n) is 4.11. The number of rotatable bonds is 1. The summed E-state index contributed by atoms with van der Waals surface area (Å²) in [6.45, 7) is 6.56. The summed E-state index contributed by atoms with van der Waals surface area (Å²) < 4.78 is 5.91. The van der Waals surface area contributed by atoms with Crippen molar-refractivity contribution in [1.29, 1.82) is 0 Å². The molecule has 1 aliphatic rings. The molecule has 102 valence electrons. The second kappa shape index (κ2) is 4.26. The van der Waals surface area contributed by atoms with Crippen molar-refractivity contribution in [2.75, 3.05) is 5.73 Å². The Hall–Kier alpha value is -1.51. The molecule has 1 saturated carbocycles. The molecule has 0 aliphatic heterocycles. The first kappa shape index (κ1) is 12.5. The zero-order valence-corrected chi connectivity index (χ0v) is 12.0. The molecule has 1 aromatic heterocycles. The van der Waals surface area contributed by atoms with Crippen molar-refractivity contribution in [2.24, 2.45) is 0 Å². The number of benzene rings is 1. The molecule has 19 heavy (non-hydrogen) atoms. The molecule has 0 amide bonds. The Morgan fingerprint density at radius 2 is 1.89 bits per heavy atom. The first-order valence-electron chi connectivity index (χ1n) is 7.15. The van der Waals surface area contributed by atoms with Crippen LogP contribution < -0.4 is 5.73 Å². The van der Waals surface area contributed by atoms with E-state index < -0.39 is 0 Å². The average Bonchev–Trinajstić information content (AvgIpc) is 2.95. The SMILES string of the molecule is CC(C)(C)c1cc(N)c2oc(C3CCCC3)nc2c1. The van der Waals surface area contributed by atoms with Crippen molar-refractivity contribution in [2.45, 2.75) is 57.8 Å². The average molecular weight is 258 g/mol. The van der Waals surface area contributed by atoms with Gasteiger partial charge in [-0.2, -0.15) is 0 Å². The lowest BCUT2D eigenvalue weighted by molar-refractivity contribution is 0.475. The van der Waals surface area contributed by atoms with Gasteiger partial charge < -0.3 is 10.2 Å². The van der Waals surface area contributed by atoms with E-state index in [1.54, 1.807) is 0 Å². The van der Waals surface area contributed by atoms with E-state index in [1.807, 2.05) is 6.07 Å². The summed E-state index contributed by atoms with van der Waals surface area (Å²) in [4.78, 5) is 4.68. The summed E-state index contributed by atoms with van der Waals surface area (Å²) in [7, 11) is 0. The second-order valence-electron chi connectivity index (χ2n) is 6.70. The molecule has 0 radical (unpaired) electrons. The van der Waals surface area contributed by atoms with Gasteiger partial charge in [0.05, 0.1) is 5.69 Å². The normalized spacial score (nSPS) is 17.4. The molecule has 2 aromatic rings. The van der Waals surface area contributed by atoms with Gasteiger partial charge in [0, 0.05) is 5.92 Å². The van der Waals surface area contributed by atoms with Crippen LogP contribution in [-0.4, -0.2) is 4.98 Å². The van der Waals surface area contributed by atoms with Gasteiger partial charge >= 0.3 is 0 Å². The minimum atomic E-state index is 0.0782. The van der Waals surface area contributed by atoms with E-state index in [4.69, 9.17) is 10.2 Å². The number of oxazole rings is 1. The van der Waals surface area contributed by atoms with Crippen molar-refractivity contribution in [3.05, 3.63) is 23.6 Å². The summed E-state index contributed by atoms with van der Waals surface area (Å²) in [6.07, 6.45) is 4.95. The Morgan fingerprint density at radius 1 is 1.21 bits per heavy atom. The first-order valence-corrected chi connectivity index (χ1v) is 7.15. The molecule has 1 fully saturated rings. The zero-order chi connectivity index (χ0) is 13.6. The molecule has 0 saturated heterocycles. The molecule has 1 aliphatic carbocycles. The van der Waals surface area contributed by atoms with Crippen molar-refractivity contribution >= 4 is 16.8 Å². The van der Waals surface area contributed by atoms with Crippen molar-refractivity contribution < 1.29 is 4.42 Å². The zero-order valence-electron chi connectivity index (χ0n) is 12.0. The van der Waals surface area contributed by atoms with Crippen LogP contribution in [0.5, 0.6) is 0 Å². The fourth-order valence-corrected chi connectivity index (χ4v) is 2.86. The largest absolute Gasteiger partial charge is 0.438 e. The number of nitrogens with two attached hydrogens (primary N) is 1. The van der Waals surface area contributed by atoms with Gasteiger partial charge in [0.1, 0.15) is 5.52 Å². The van der Waals surface area contributed by atoms with E-state index in [9.17, 15) is 0 Å². The highest BCUT2D eigenvalue weighted by molar-refractivity contribution is 5.86. The fraction of sp³-hybridized carbons (Fsp3) is 0.562. The lowest BCUT2D eigenvalue weighted by Gasteiger charge is -2.19. The molecule has 3 heteroatoms. The molecule has 1 aromatic carbocycles. The number of anilines is 1. The number of hydrogen-bond acceptors (Lipinski definition) is 3. The van der Waals surface area contributed by atoms with E-state index >= 15 is 0 Å². The molecule has 0 atom stereocenters. The molecular formula is C16H22N2O. The second-order valence-corrected chi connectivity index (χ2v) is 6.70. The van der Waals surface area contributed by atoms with Crippen molar-refractivity contribution in [1.82, 2.24) is 4.98 Å². The van der Waals surface area contributed by atoms with Gasteiger partial charge in [-0.1, -0.05) is 33.6 Å². The lowest BCUT2D eigenvalue weighted by Crippen LogP contribution is -2.11. The van der Waals surface area contributed by atoms with Crippen LogP contribution in [0.25, 0.3) is 11.1 Å². The highest BCUT2D eigenvalue weighted by atomic mass is 16.3. The Balaban J connectivity index is 2.09. The van der Waals surface area contributed by atoms with Crippen LogP contribution in [0.15, 0.2) is 16.5 Å². The fourth-order valence-electron chi connectivity index (χ4n) is 2.86.